The van der Waals surface area contributed by atoms with Crippen molar-refractivity contribution in [2.24, 2.45) is 0 Å². The second-order valence-corrected chi connectivity index (χ2v) is 5.82. The molecule has 0 saturated carbocycles. The minimum Gasteiger partial charge on any atom is -0.294 e. The summed E-state index contributed by atoms with van der Waals surface area (Å²) in [6, 6.07) is 22.7. The molecule has 2 nitrogen and oxygen atoms in total. The third kappa shape index (κ3) is 3.74. The Morgan fingerprint density at radius 2 is 1.50 bits per heavy atom. The van der Waals surface area contributed by atoms with Crippen LogP contribution in [0.3, 0.4) is 0 Å². The monoisotopic (exact) mass is 319 g/mol. The summed E-state index contributed by atoms with van der Waals surface area (Å²) in [5.74, 6) is -0.761. The number of hydrogen-bond acceptors (Lipinski definition) is 2. The molecular weight excluding hydrogens is 301 g/mol. The number of Topliss-reactive ketones (excluding diaryl/α,β-unsaturated/α-hetero) is 1. The van der Waals surface area contributed by atoms with Crippen molar-refractivity contribution in [3.05, 3.63) is 101 Å². The van der Waals surface area contributed by atoms with Crippen molar-refractivity contribution in [3.8, 4) is 0 Å². The predicted molar refractivity (Wildman–Crippen MR) is 92.6 cm³/mol. The van der Waals surface area contributed by atoms with E-state index < -0.39 is 5.95 Å². The first kappa shape index (κ1) is 16.1. The van der Waals surface area contributed by atoms with E-state index in [0.29, 0.717) is 11.3 Å². The number of aryl methyl sites for hydroxylation is 1. The first-order valence-electron chi connectivity index (χ1n) is 7.91. The van der Waals surface area contributed by atoms with Crippen LogP contribution in [0, 0.1) is 12.9 Å². The van der Waals surface area contributed by atoms with Crippen LogP contribution in [0.2, 0.25) is 0 Å². The van der Waals surface area contributed by atoms with Gasteiger partial charge in [0, 0.05) is 29.7 Å². The van der Waals surface area contributed by atoms with Crippen LogP contribution in [0.15, 0.2) is 72.8 Å². The number of rotatable bonds is 5. The Labute approximate surface area is 141 Å². The Hall–Kier alpha value is -2.81. The molecular formula is C21H18FNO. The second kappa shape index (κ2) is 7.18. The summed E-state index contributed by atoms with van der Waals surface area (Å²) < 4.78 is 13.5. The van der Waals surface area contributed by atoms with Gasteiger partial charge in [-0.2, -0.15) is 4.39 Å². The van der Waals surface area contributed by atoms with E-state index in [9.17, 15) is 9.18 Å². The molecule has 3 aromatic rings. The molecule has 24 heavy (non-hydrogen) atoms. The third-order valence-electron chi connectivity index (χ3n) is 4.04. The molecule has 1 aromatic heterocycles. The summed E-state index contributed by atoms with van der Waals surface area (Å²) >= 11 is 0. The highest BCUT2D eigenvalue weighted by atomic mass is 19.1. The molecule has 1 heterocycles. The van der Waals surface area contributed by atoms with Crippen molar-refractivity contribution in [2.45, 2.75) is 19.3 Å². The highest BCUT2D eigenvalue weighted by Crippen LogP contribution is 2.29. The van der Waals surface area contributed by atoms with Crippen molar-refractivity contribution in [1.29, 1.82) is 0 Å². The molecule has 0 saturated heterocycles. The predicted octanol–water partition coefficient (Wildman–Crippen LogP) is 4.93. The zero-order chi connectivity index (χ0) is 16.9. The Morgan fingerprint density at radius 1 is 0.958 bits per heavy atom. The Balaban J connectivity index is 1.93. The van der Waals surface area contributed by atoms with Crippen molar-refractivity contribution < 1.29 is 9.18 Å². The lowest BCUT2D eigenvalue weighted by Gasteiger charge is -2.17. The maximum Gasteiger partial charge on any atom is 0.213 e. The van der Waals surface area contributed by atoms with Crippen LogP contribution in [-0.2, 0) is 0 Å². The molecule has 0 amide bonds. The van der Waals surface area contributed by atoms with Crippen LogP contribution < -0.4 is 0 Å². The number of nitrogens with zero attached hydrogens (tertiary/aromatic N) is 1. The highest BCUT2D eigenvalue weighted by molar-refractivity contribution is 5.96. The lowest BCUT2D eigenvalue weighted by molar-refractivity contribution is 0.0977. The molecule has 0 spiro atoms. The first-order valence-corrected chi connectivity index (χ1v) is 7.91. The van der Waals surface area contributed by atoms with Crippen molar-refractivity contribution in [2.75, 3.05) is 0 Å². The van der Waals surface area contributed by atoms with Crippen LogP contribution in [-0.4, -0.2) is 10.8 Å². The lowest BCUT2D eigenvalue weighted by atomic mass is 9.86. The van der Waals surface area contributed by atoms with Gasteiger partial charge in [0.1, 0.15) is 0 Å². The maximum absolute atomic E-state index is 13.5. The van der Waals surface area contributed by atoms with Crippen LogP contribution in [0.4, 0.5) is 4.39 Å². The number of benzene rings is 2. The van der Waals surface area contributed by atoms with Crippen LogP contribution in [0.25, 0.3) is 0 Å². The molecule has 0 aliphatic rings. The number of halogens is 1. The summed E-state index contributed by atoms with van der Waals surface area (Å²) in [5, 5.41) is 0. The van der Waals surface area contributed by atoms with Crippen LogP contribution >= 0.6 is 0 Å². The van der Waals surface area contributed by atoms with E-state index in [1.807, 2.05) is 60.7 Å². The molecule has 0 unspecified atom stereocenters. The minimum atomic E-state index is -0.616. The summed E-state index contributed by atoms with van der Waals surface area (Å²) in [4.78, 5) is 16.4. The zero-order valence-electron chi connectivity index (χ0n) is 13.4. The van der Waals surface area contributed by atoms with E-state index in [1.54, 1.807) is 13.0 Å². The fraction of sp³-hybridized carbons (Fsp3) is 0.143. The fourth-order valence-corrected chi connectivity index (χ4v) is 2.89. The largest absolute Gasteiger partial charge is 0.294 e. The molecule has 2 aromatic carbocycles. The summed E-state index contributed by atoms with van der Waals surface area (Å²) in [6.45, 7) is 1.69. The van der Waals surface area contributed by atoms with Crippen LogP contribution in [0.1, 0.15) is 39.5 Å². The molecule has 3 rings (SSSR count). The average molecular weight is 319 g/mol. The van der Waals surface area contributed by atoms with Gasteiger partial charge in [0.15, 0.2) is 5.78 Å². The average Bonchev–Trinajstić information content (AvgIpc) is 2.60. The normalized spacial score (nSPS) is 10.8. The Morgan fingerprint density at radius 3 is 2.00 bits per heavy atom. The molecule has 3 heteroatoms. The number of hydrogen-bond donors (Lipinski definition) is 0. The standard InChI is InChI=1S/C21H18FNO/c1-15-12-18(13-21(22)23-15)20(24)14-19(16-8-4-2-5-9-16)17-10-6-3-7-11-17/h2-13,19H,14H2,1H3. The van der Waals surface area contributed by atoms with Gasteiger partial charge in [-0.05, 0) is 24.1 Å². The van der Waals surface area contributed by atoms with Gasteiger partial charge in [0.05, 0.1) is 0 Å². The minimum absolute atomic E-state index is 0.0589. The Kier molecular flexibility index (Phi) is 4.80. The fourth-order valence-electron chi connectivity index (χ4n) is 2.89. The van der Waals surface area contributed by atoms with E-state index in [4.69, 9.17) is 0 Å². The number of carbonyl (C=O) groups excluding carboxylic acids is 1. The van der Waals surface area contributed by atoms with Gasteiger partial charge in [-0.15, -0.1) is 0 Å². The molecule has 0 fully saturated rings. The number of aromatic nitrogens is 1. The molecule has 0 bridgehead atoms. The summed E-state index contributed by atoms with van der Waals surface area (Å²) in [6.07, 6.45) is 0.289. The van der Waals surface area contributed by atoms with Crippen molar-refractivity contribution in [3.63, 3.8) is 0 Å². The maximum atomic E-state index is 13.5. The third-order valence-corrected chi connectivity index (χ3v) is 4.04. The highest BCUT2D eigenvalue weighted by Gasteiger charge is 2.19. The molecule has 0 aliphatic carbocycles. The van der Waals surface area contributed by atoms with Gasteiger partial charge in [0.25, 0.3) is 0 Å². The zero-order valence-corrected chi connectivity index (χ0v) is 13.4. The van der Waals surface area contributed by atoms with Crippen LogP contribution in [0.5, 0.6) is 0 Å². The molecule has 0 aliphatic heterocycles. The number of carbonyl (C=O) groups is 1. The first-order chi connectivity index (χ1) is 11.6. The van der Waals surface area contributed by atoms with Gasteiger partial charge in [-0.1, -0.05) is 60.7 Å². The van der Waals surface area contributed by atoms with E-state index in [1.165, 1.54) is 6.07 Å². The van der Waals surface area contributed by atoms with E-state index in [2.05, 4.69) is 4.98 Å². The molecule has 0 radical (unpaired) electrons. The van der Waals surface area contributed by atoms with E-state index >= 15 is 0 Å². The molecule has 0 N–H and O–H groups in total. The van der Waals surface area contributed by atoms with Crippen molar-refractivity contribution in [1.82, 2.24) is 4.98 Å². The van der Waals surface area contributed by atoms with Gasteiger partial charge >= 0.3 is 0 Å². The lowest BCUT2D eigenvalue weighted by Crippen LogP contribution is -2.10. The SMILES string of the molecule is Cc1cc(C(=O)CC(c2ccccc2)c2ccccc2)cc(F)n1. The number of ketones is 1. The summed E-state index contributed by atoms with van der Waals surface area (Å²) in [5.41, 5.74) is 3.03. The van der Waals surface area contributed by atoms with E-state index in [0.717, 1.165) is 11.1 Å². The van der Waals surface area contributed by atoms with Gasteiger partial charge in [-0.25, -0.2) is 4.98 Å². The quantitative estimate of drug-likeness (QED) is 0.493. The van der Waals surface area contributed by atoms with Gasteiger partial charge in [0.2, 0.25) is 5.95 Å². The smallest absolute Gasteiger partial charge is 0.213 e. The van der Waals surface area contributed by atoms with Gasteiger partial charge < -0.3 is 0 Å². The molecule has 120 valence electrons. The Bertz CT molecular complexity index is 771. The van der Waals surface area contributed by atoms with Gasteiger partial charge in [-0.3, -0.25) is 4.79 Å². The van der Waals surface area contributed by atoms with Crippen molar-refractivity contribution >= 4 is 5.78 Å². The van der Waals surface area contributed by atoms with E-state index in [-0.39, 0.29) is 18.1 Å². The number of pyridine rings is 1. The topological polar surface area (TPSA) is 30.0 Å². The summed E-state index contributed by atoms with van der Waals surface area (Å²) in [7, 11) is 0. The second-order valence-electron chi connectivity index (χ2n) is 5.82. The molecule has 0 atom stereocenters.